The van der Waals surface area contributed by atoms with Gasteiger partial charge in [0.15, 0.2) is 5.16 Å². The van der Waals surface area contributed by atoms with E-state index in [0.29, 0.717) is 23.5 Å². The average Bonchev–Trinajstić information content (AvgIpc) is 2.63. The van der Waals surface area contributed by atoms with Gasteiger partial charge in [-0.25, -0.2) is 9.97 Å². The SMILES string of the molecule is Cc1cc(C)nc(SCC(=O)NCC(C)N2CCc3ccccc3C2)n1. The number of carbonyl (C=O) groups excluding carboxylic acids is 1. The van der Waals surface area contributed by atoms with E-state index in [2.05, 4.69) is 51.4 Å². The lowest BCUT2D eigenvalue weighted by molar-refractivity contribution is -0.118. The first kappa shape index (κ1) is 18.9. The molecule has 3 rings (SSSR count). The van der Waals surface area contributed by atoms with Crippen molar-refractivity contribution < 1.29 is 4.79 Å². The highest BCUT2D eigenvalue weighted by Crippen LogP contribution is 2.20. The minimum Gasteiger partial charge on any atom is -0.354 e. The number of rotatable bonds is 6. The molecule has 1 aliphatic rings. The zero-order chi connectivity index (χ0) is 18.5. The van der Waals surface area contributed by atoms with Crippen LogP contribution in [0.25, 0.3) is 0 Å². The number of nitrogens with one attached hydrogen (secondary N) is 1. The Balaban J connectivity index is 1.44. The molecule has 5 nitrogen and oxygen atoms in total. The molecule has 1 aromatic heterocycles. The van der Waals surface area contributed by atoms with E-state index in [1.165, 1.54) is 22.9 Å². The van der Waals surface area contributed by atoms with Gasteiger partial charge in [0.25, 0.3) is 0 Å². The van der Waals surface area contributed by atoms with Gasteiger partial charge in [-0.1, -0.05) is 36.0 Å². The molecule has 1 aliphatic heterocycles. The van der Waals surface area contributed by atoms with Gasteiger partial charge in [0.2, 0.25) is 5.91 Å². The lowest BCUT2D eigenvalue weighted by atomic mass is 9.99. The van der Waals surface area contributed by atoms with Gasteiger partial charge in [0, 0.05) is 37.1 Å². The van der Waals surface area contributed by atoms with E-state index in [9.17, 15) is 4.79 Å². The molecule has 1 amide bonds. The van der Waals surface area contributed by atoms with Crippen LogP contribution in [0.4, 0.5) is 0 Å². The van der Waals surface area contributed by atoms with Gasteiger partial charge in [0.1, 0.15) is 0 Å². The number of fused-ring (bicyclic) bond motifs is 1. The van der Waals surface area contributed by atoms with Crippen molar-refractivity contribution >= 4 is 17.7 Å². The molecule has 0 aliphatic carbocycles. The fraction of sp³-hybridized carbons (Fsp3) is 0.450. The van der Waals surface area contributed by atoms with E-state index in [1.807, 2.05) is 19.9 Å². The summed E-state index contributed by atoms with van der Waals surface area (Å²) in [4.78, 5) is 23.3. The summed E-state index contributed by atoms with van der Waals surface area (Å²) in [5, 5.41) is 3.71. The smallest absolute Gasteiger partial charge is 0.230 e. The molecule has 1 atom stereocenters. The predicted molar refractivity (Wildman–Crippen MR) is 105 cm³/mol. The van der Waals surface area contributed by atoms with Gasteiger partial charge in [0.05, 0.1) is 5.75 Å². The molecule has 1 unspecified atom stereocenters. The van der Waals surface area contributed by atoms with E-state index in [4.69, 9.17) is 0 Å². The van der Waals surface area contributed by atoms with Gasteiger partial charge in [-0.2, -0.15) is 0 Å². The van der Waals surface area contributed by atoms with Crippen LogP contribution in [0, 0.1) is 13.8 Å². The maximum atomic E-state index is 12.2. The molecule has 0 saturated carbocycles. The molecule has 0 radical (unpaired) electrons. The lowest BCUT2D eigenvalue weighted by Gasteiger charge is -2.33. The van der Waals surface area contributed by atoms with E-state index >= 15 is 0 Å². The third-order valence-corrected chi connectivity index (χ3v) is 5.52. The van der Waals surface area contributed by atoms with Gasteiger partial charge in [-0.3, -0.25) is 9.69 Å². The highest BCUT2D eigenvalue weighted by atomic mass is 32.2. The first-order valence-corrected chi connectivity index (χ1v) is 10.0. The molecule has 0 saturated heterocycles. The summed E-state index contributed by atoms with van der Waals surface area (Å²) in [5.41, 5.74) is 4.71. The van der Waals surface area contributed by atoms with Crippen LogP contribution in [0.3, 0.4) is 0 Å². The molecule has 6 heteroatoms. The predicted octanol–water partition coefficient (Wildman–Crippen LogP) is 2.75. The van der Waals surface area contributed by atoms with E-state index in [0.717, 1.165) is 30.9 Å². The minimum atomic E-state index is 0.0296. The molecule has 0 spiro atoms. The van der Waals surface area contributed by atoms with Crippen LogP contribution >= 0.6 is 11.8 Å². The zero-order valence-electron chi connectivity index (χ0n) is 15.7. The number of aryl methyl sites for hydroxylation is 2. The zero-order valence-corrected chi connectivity index (χ0v) is 16.5. The van der Waals surface area contributed by atoms with Crippen molar-refractivity contribution in [3.8, 4) is 0 Å². The number of carbonyl (C=O) groups is 1. The second-order valence-electron chi connectivity index (χ2n) is 6.86. The van der Waals surface area contributed by atoms with Crippen LogP contribution in [0.1, 0.15) is 29.4 Å². The van der Waals surface area contributed by atoms with Crippen molar-refractivity contribution in [3.05, 3.63) is 52.8 Å². The summed E-state index contributed by atoms with van der Waals surface area (Å²) in [6.45, 7) is 8.72. The quantitative estimate of drug-likeness (QED) is 0.626. The monoisotopic (exact) mass is 370 g/mol. The topological polar surface area (TPSA) is 58.1 Å². The molecule has 1 N–H and O–H groups in total. The standard InChI is InChI=1S/C20H26N4OS/c1-14-10-15(2)23-20(22-14)26-13-19(25)21-11-16(3)24-9-8-17-6-4-5-7-18(17)12-24/h4-7,10,16H,8-9,11-13H2,1-3H3,(H,21,25). The third-order valence-electron chi connectivity index (χ3n) is 4.67. The summed E-state index contributed by atoms with van der Waals surface area (Å²) in [7, 11) is 0. The molecule has 26 heavy (non-hydrogen) atoms. The van der Waals surface area contributed by atoms with Crippen molar-refractivity contribution in [2.45, 2.75) is 44.9 Å². The second-order valence-corrected chi connectivity index (χ2v) is 7.81. The highest BCUT2D eigenvalue weighted by Gasteiger charge is 2.20. The normalized spacial score (nSPS) is 15.3. The fourth-order valence-electron chi connectivity index (χ4n) is 3.22. The number of amides is 1. The largest absolute Gasteiger partial charge is 0.354 e. The molecule has 2 aromatic rings. The van der Waals surface area contributed by atoms with Crippen LogP contribution in [0.15, 0.2) is 35.5 Å². The number of hydrogen-bond acceptors (Lipinski definition) is 5. The molecule has 0 fully saturated rings. The molecule has 0 bridgehead atoms. The molecular weight excluding hydrogens is 344 g/mol. The molecule has 138 valence electrons. The first-order valence-electron chi connectivity index (χ1n) is 9.04. The third kappa shape index (κ3) is 5.05. The van der Waals surface area contributed by atoms with E-state index in [-0.39, 0.29) is 5.91 Å². The van der Waals surface area contributed by atoms with Gasteiger partial charge in [-0.05, 0) is 44.4 Å². The Kier molecular flexibility index (Phi) is 6.27. The first-order chi connectivity index (χ1) is 12.5. The number of aromatic nitrogens is 2. The maximum Gasteiger partial charge on any atom is 0.230 e. The summed E-state index contributed by atoms with van der Waals surface area (Å²) in [5.74, 6) is 0.375. The molecular formula is C20H26N4OS. The Hall–Kier alpha value is -1.92. The summed E-state index contributed by atoms with van der Waals surface area (Å²) >= 11 is 1.39. The van der Waals surface area contributed by atoms with Gasteiger partial charge < -0.3 is 5.32 Å². The summed E-state index contributed by atoms with van der Waals surface area (Å²) < 4.78 is 0. The Morgan fingerprint density at radius 1 is 1.23 bits per heavy atom. The Bertz CT molecular complexity index is 760. The maximum absolute atomic E-state index is 12.2. The van der Waals surface area contributed by atoms with Gasteiger partial charge >= 0.3 is 0 Å². The fourth-order valence-corrected chi connectivity index (χ4v) is 4.00. The van der Waals surface area contributed by atoms with Crippen LogP contribution in [0.5, 0.6) is 0 Å². The lowest BCUT2D eigenvalue weighted by Crippen LogP contribution is -2.44. The van der Waals surface area contributed by atoms with Crippen LogP contribution in [-0.4, -0.2) is 45.7 Å². The number of thioether (sulfide) groups is 1. The van der Waals surface area contributed by atoms with E-state index < -0.39 is 0 Å². The van der Waals surface area contributed by atoms with Crippen molar-refractivity contribution in [2.75, 3.05) is 18.8 Å². The number of hydrogen-bond donors (Lipinski definition) is 1. The van der Waals surface area contributed by atoms with Crippen molar-refractivity contribution in [2.24, 2.45) is 0 Å². The summed E-state index contributed by atoms with van der Waals surface area (Å²) in [6.07, 6.45) is 1.08. The van der Waals surface area contributed by atoms with Crippen LogP contribution in [-0.2, 0) is 17.8 Å². The Morgan fingerprint density at radius 2 is 1.92 bits per heavy atom. The van der Waals surface area contributed by atoms with E-state index in [1.54, 1.807) is 0 Å². The van der Waals surface area contributed by atoms with Crippen molar-refractivity contribution in [3.63, 3.8) is 0 Å². The summed E-state index contributed by atoms with van der Waals surface area (Å²) in [6, 6.07) is 10.9. The number of nitrogens with zero attached hydrogens (tertiary/aromatic N) is 3. The Labute approximate surface area is 159 Å². The van der Waals surface area contributed by atoms with Crippen molar-refractivity contribution in [1.29, 1.82) is 0 Å². The molecule has 2 heterocycles. The van der Waals surface area contributed by atoms with Gasteiger partial charge in [-0.15, -0.1) is 0 Å². The second kappa shape index (κ2) is 8.64. The average molecular weight is 371 g/mol. The van der Waals surface area contributed by atoms with Crippen LogP contribution < -0.4 is 5.32 Å². The highest BCUT2D eigenvalue weighted by molar-refractivity contribution is 7.99. The number of benzene rings is 1. The van der Waals surface area contributed by atoms with Crippen molar-refractivity contribution in [1.82, 2.24) is 20.2 Å². The Morgan fingerprint density at radius 3 is 2.65 bits per heavy atom. The minimum absolute atomic E-state index is 0.0296. The molecule has 1 aromatic carbocycles. The van der Waals surface area contributed by atoms with Crippen LogP contribution in [0.2, 0.25) is 0 Å².